The van der Waals surface area contributed by atoms with Crippen LogP contribution in [-0.4, -0.2) is 80.3 Å². The summed E-state index contributed by atoms with van der Waals surface area (Å²) < 4.78 is 33.2. The first-order chi connectivity index (χ1) is 19.7. The normalized spacial score (nSPS) is 15.5. The maximum absolute atomic E-state index is 13.1. The second-order valence-electron chi connectivity index (χ2n) is 10.3. The number of amides is 2. The number of likely N-dealkylation sites (N-methyl/N-ethyl adjacent to an activating group) is 1. The predicted molar refractivity (Wildman–Crippen MR) is 160 cm³/mol. The Bertz CT molecular complexity index is 1350. The van der Waals surface area contributed by atoms with E-state index in [9.17, 15) is 18.0 Å². The van der Waals surface area contributed by atoms with E-state index in [1.807, 2.05) is 41.8 Å². The van der Waals surface area contributed by atoms with Gasteiger partial charge in [0.25, 0.3) is 0 Å². The molecule has 0 bridgehead atoms. The van der Waals surface area contributed by atoms with E-state index >= 15 is 0 Å². The molecule has 3 aromatic rings. The Kier molecular flexibility index (Phi) is 10.9. The third-order valence-electron chi connectivity index (χ3n) is 7.43. The number of benzene rings is 2. The number of carbonyl (C=O) groups is 2. The molecule has 1 fully saturated rings. The van der Waals surface area contributed by atoms with Gasteiger partial charge in [-0.15, -0.1) is 11.3 Å². The number of ether oxygens (including phenoxy) is 1. The summed E-state index contributed by atoms with van der Waals surface area (Å²) in [6.07, 6.45) is 1.65. The number of hydrogen-bond donors (Lipinski definition) is 1. The smallest absolute Gasteiger partial charge is 0.410 e. The quantitative estimate of drug-likeness (QED) is 0.317. The summed E-state index contributed by atoms with van der Waals surface area (Å²) in [6.45, 7) is 2.63. The minimum Gasteiger partial charge on any atom is -0.445 e. The fourth-order valence-corrected chi connectivity index (χ4v) is 7.23. The van der Waals surface area contributed by atoms with Crippen molar-refractivity contribution in [2.75, 3.05) is 39.8 Å². The summed E-state index contributed by atoms with van der Waals surface area (Å²) in [6, 6.07) is 21.8. The van der Waals surface area contributed by atoms with Crippen LogP contribution in [-0.2, 0) is 26.2 Å². The Morgan fingerprint density at radius 3 is 2.29 bits per heavy atom. The molecule has 220 valence electrons. The molecule has 9 nitrogen and oxygen atoms in total. The SMILES string of the molecule is CN(C[C@H](CCN1CCC(N(CC(N)=O)C(=O)OCc2ccccc2)CC1)c1cccs1)S(=O)(=O)c1ccccc1. The van der Waals surface area contributed by atoms with Gasteiger partial charge in [-0.05, 0) is 54.9 Å². The monoisotopic (exact) mass is 598 g/mol. The predicted octanol–water partition coefficient (Wildman–Crippen LogP) is 4.13. The zero-order valence-electron chi connectivity index (χ0n) is 23.3. The Morgan fingerprint density at radius 2 is 1.68 bits per heavy atom. The molecule has 11 heteroatoms. The second kappa shape index (κ2) is 14.6. The molecule has 4 rings (SSSR count). The van der Waals surface area contributed by atoms with Crippen LogP contribution >= 0.6 is 11.3 Å². The van der Waals surface area contributed by atoms with Crippen LogP contribution in [0.5, 0.6) is 0 Å². The van der Waals surface area contributed by atoms with Gasteiger partial charge in [0.05, 0.1) is 4.90 Å². The number of thiophene rings is 1. The van der Waals surface area contributed by atoms with Gasteiger partial charge in [0.1, 0.15) is 13.2 Å². The molecule has 1 aliphatic rings. The molecule has 2 amide bonds. The Morgan fingerprint density at radius 1 is 1.02 bits per heavy atom. The van der Waals surface area contributed by atoms with E-state index in [1.54, 1.807) is 48.7 Å². The van der Waals surface area contributed by atoms with Gasteiger partial charge in [-0.1, -0.05) is 54.6 Å². The lowest BCUT2D eigenvalue weighted by Gasteiger charge is -2.38. The summed E-state index contributed by atoms with van der Waals surface area (Å²) >= 11 is 1.64. The van der Waals surface area contributed by atoms with Crippen LogP contribution in [0.2, 0.25) is 0 Å². The molecule has 2 heterocycles. The largest absolute Gasteiger partial charge is 0.445 e. The molecule has 41 heavy (non-hydrogen) atoms. The molecular formula is C30H38N4O5S2. The molecule has 0 unspecified atom stereocenters. The number of carbonyl (C=O) groups excluding carboxylic acids is 2. The van der Waals surface area contributed by atoms with Crippen LogP contribution in [0.1, 0.15) is 35.6 Å². The second-order valence-corrected chi connectivity index (χ2v) is 13.3. The highest BCUT2D eigenvalue weighted by Crippen LogP contribution is 2.28. The summed E-state index contributed by atoms with van der Waals surface area (Å²) in [7, 11) is -1.95. The first kappa shape index (κ1) is 30.7. The molecule has 0 spiro atoms. The summed E-state index contributed by atoms with van der Waals surface area (Å²) in [5.74, 6) is -0.520. The number of nitrogens with two attached hydrogens (primary N) is 1. The molecule has 0 radical (unpaired) electrons. The standard InChI is InChI=1S/C30H38N4O5S2/c1-32(41(37,38)27-11-6-3-7-12-27)21-25(28-13-8-20-40-28)14-17-33-18-15-26(16-19-33)34(22-29(31)35)30(36)39-23-24-9-4-2-5-10-24/h2-13,20,25-26H,14-19,21-23H2,1H3,(H2,31,35)/t25-/m0/s1. The first-order valence-corrected chi connectivity index (χ1v) is 16.1. The van der Waals surface area contributed by atoms with E-state index in [4.69, 9.17) is 10.5 Å². The lowest BCUT2D eigenvalue weighted by molar-refractivity contribution is -0.119. The molecule has 2 N–H and O–H groups in total. The van der Waals surface area contributed by atoms with Crippen LogP contribution in [0, 0.1) is 0 Å². The van der Waals surface area contributed by atoms with Gasteiger partial charge in [0.15, 0.2) is 0 Å². The van der Waals surface area contributed by atoms with E-state index < -0.39 is 22.0 Å². The number of nitrogens with zero attached hydrogens (tertiary/aromatic N) is 3. The third kappa shape index (κ3) is 8.62. The minimum absolute atomic E-state index is 0.0514. The molecule has 1 aromatic heterocycles. The maximum atomic E-state index is 13.1. The van der Waals surface area contributed by atoms with E-state index in [0.29, 0.717) is 19.4 Å². The van der Waals surface area contributed by atoms with E-state index in [0.717, 1.165) is 36.5 Å². The van der Waals surface area contributed by atoms with Crippen LogP contribution < -0.4 is 5.73 Å². The van der Waals surface area contributed by atoms with Crippen molar-refractivity contribution >= 4 is 33.4 Å². The number of rotatable bonds is 13. The van der Waals surface area contributed by atoms with Crippen molar-refractivity contribution < 1.29 is 22.7 Å². The van der Waals surface area contributed by atoms with Crippen LogP contribution in [0.4, 0.5) is 4.79 Å². The highest BCUT2D eigenvalue weighted by Gasteiger charge is 2.31. The van der Waals surface area contributed by atoms with Crippen molar-refractivity contribution in [3.05, 3.63) is 88.6 Å². The fourth-order valence-electron chi connectivity index (χ4n) is 5.13. The Hall–Kier alpha value is -3.25. The van der Waals surface area contributed by atoms with Gasteiger partial charge >= 0.3 is 6.09 Å². The van der Waals surface area contributed by atoms with Crippen molar-refractivity contribution in [3.63, 3.8) is 0 Å². The average molecular weight is 599 g/mol. The fraction of sp³-hybridized carbons (Fsp3) is 0.400. The molecule has 1 aliphatic heterocycles. The van der Waals surface area contributed by atoms with Gasteiger partial charge in [-0.2, -0.15) is 0 Å². The molecule has 0 aliphatic carbocycles. The first-order valence-electron chi connectivity index (χ1n) is 13.8. The van der Waals surface area contributed by atoms with Crippen molar-refractivity contribution in [2.45, 2.75) is 42.7 Å². The van der Waals surface area contributed by atoms with Crippen molar-refractivity contribution in [1.29, 1.82) is 0 Å². The van der Waals surface area contributed by atoms with Gasteiger partial charge in [-0.3, -0.25) is 9.69 Å². The van der Waals surface area contributed by atoms with Crippen LogP contribution in [0.15, 0.2) is 83.1 Å². The number of hydrogen-bond acceptors (Lipinski definition) is 7. The van der Waals surface area contributed by atoms with E-state index in [2.05, 4.69) is 11.0 Å². The van der Waals surface area contributed by atoms with Crippen molar-refractivity contribution in [3.8, 4) is 0 Å². The van der Waals surface area contributed by atoms with Crippen molar-refractivity contribution in [1.82, 2.24) is 14.1 Å². The highest BCUT2D eigenvalue weighted by molar-refractivity contribution is 7.89. The number of piperidine rings is 1. The number of likely N-dealkylation sites (tertiary alicyclic amines) is 1. The van der Waals surface area contributed by atoms with Crippen molar-refractivity contribution in [2.24, 2.45) is 5.73 Å². The summed E-state index contributed by atoms with van der Waals surface area (Å²) in [5, 5.41) is 2.02. The highest BCUT2D eigenvalue weighted by atomic mass is 32.2. The molecule has 1 atom stereocenters. The van der Waals surface area contributed by atoms with E-state index in [1.165, 1.54) is 9.21 Å². The lowest BCUT2D eigenvalue weighted by atomic mass is 10.00. The van der Waals surface area contributed by atoms with E-state index in [-0.39, 0.29) is 30.0 Å². The van der Waals surface area contributed by atoms with Gasteiger partial charge in [-0.25, -0.2) is 17.5 Å². The topological polar surface area (TPSA) is 113 Å². The number of sulfonamides is 1. The summed E-state index contributed by atoms with van der Waals surface area (Å²) in [4.78, 5) is 29.9. The van der Waals surface area contributed by atoms with Gasteiger partial charge in [0, 0.05) is 43.5 Å². The lowest BCUT2D eigenvalue weighted by Crippen LogP contribution is -2.50. The minimum atomic E-state index is -3.59. The van der Waals surface area contributed by atoms with Crippen LogP contribution in [0.25, 0.3) is 0 Å². The average Bonchev–Trinajstić information content (AvgIpc) is 3.53. The molecule has 2 aromatic carbocycles. The molecule has 1 saturated heterocycles. The summed E-state index contributed by atoms with van der Waals surface area (Å²) in [5.41, 5.74) is 6.33. The zero-order chi connectivity index (χ0) is 29.2. The molecule has 0 saturated carbocycles. The maximum Gasteiger partial charge on any atom is 0.410 e. The van der Waals surface area contributed by atoms with Gasteiger partial charge < -0.3 is 15.4 Å². The Labute approximate surface area is 246 Å². The number of primary amides is 1. The Balaban J connectivity index is 1.32. The third-order valence-corrected chi connectivity index (χ3v) is 10.3. The van der Waals surface area contributed by atoms with Crippen LogP contribution in [0.3, 0.4) is 0 Å². The van der Waals surface area contributed by atoms with Gasteiger partial charge in [0.2, 0.25) is 15.9 Å². The zero-order valence-corrected chi connectivity index (χ0v) is 24.9. The molecular weight excluding hydrogens is 560 g/mol.